The van der Waals surface area contributed by atoms with E-state index < -0.39 is 0 Å². The van der Waals surface area contributed by atoms with Gasteiger partial charge in [-0.2, -0.15) is 0 Å². The molecule has 0 aliphatic heterocycles. The number of fused-ring (bicyclic) bond motifs is 6. The molecular formula is C42H37N4OPt-. The van der Waals surface area contributed by atoms with Gasteiger partial charge in [-0.05, 0) is 63.7 Å². The second kappa shape index (κ2) is 11.5. The van der Waals surface area contributed by atoms with Crippen molar-refractivity contribution in [3.63, 3.8) is 0 Å². The third-order valence-corrected chi connectivity index (χ3v) is 9.26. The van der Waals surface area contributed by atoms with Gasteiger partial charge in [0.2, 0.25) is 0 Å². The molecule has 0 aliphatic carbocycles. The zero-order chi connectivity index (χ0) is 32.7. The Morgan fingerprint density at radius 2 is 1.33 bits per heavy atom. The van der Waals surface area contributed by atoms with E-state index in [9.17, 15) is 5.11 Å². The molecule has 0 saturated carbocycles. The summed E-state index contributed by atoms with van der Waals surface area (Å²) in [5.41, 5.74) is 7.64. The Morgan fingerprint density at radius 3 is 2.02 bits per heavy atom. The normalized spacial score (nSPS) is 12.3. The van der Waals surface area contributed by atoms with Crippen LogP contribution >= 0.6 is 0 Å². The van der Waals surface area contributed by atoms with E-state index in [1.807, 2.05) is 30.5 Å². The van der Waals surface area contributed by atoms with E-state index >= 15 is 0 Å². The van der Waals surface area contributed by atoms with Gasteiger partial charge in [0.05, 0.1) is 11.3 Å². The van der Waals surface area contributed by atoms with Crippen molar-refractivity contribution in [3.05, 3.63) is 127 Å². The molecule has 0 atom stereocenters. The van der Waals surface area contributed by atoms with E-state index in [0.717, 1.165) is 72.1 Å². The molecule has 0 aliphatic rings. The van der Waals surface area contributed by atoms with Crippen molar-refractivity contribution >= 4 is 43.7 Å². The maximum absolute atomic E-state index is 11.1. The van der Waals surface area contributed by atoms with Gasteiger partial charge in [0.15, 0.2) is 0 Å². The van der Waals surface area contributed by atoms with Crippen molar-refractivity contribution in [2.24, 2.45) is 0 Å². The van der Waals surface area contributed by atoms with Crippen LogP contribution in [0.2, 0.25) is 0 Å². The van der Waals surface area contributed by atoms with Gasteiger partial charge in [0.25, 0.3) is 0 Å². The van der Waals surface area contributed by atoms with Crippen molar-refractivity contribution in [3.8, 4) is 28.5 Å². The molecule has 8 rings (SSSR count). The first-order valence-electron chi connectivity index (χ1n) is 16.2. The average molecular weight is 809 g/mol. The number of pyridine rings is 2. The maximum atomic E-state index is 11.1. The predicted octanol–water partition coefficient (Wildman–Crippen LogP) is 10.4. The van der Waals surface area contributed by atoms with Crippen molar-refractivity contribution in [1.29, 1.82) is 0 Å². The third kappa shape index (κ3) is 5.04. The Morgan fingerprint density at radius 1 is 0.646 bits per heavy atom. The number of hydrogen-bond acceptors (Lipinski definition) is 3. The van der Waals surface area contributed by atoms with E-state index in [1.165, 1.54) is 5.56 Å². The molecule has 4 heterocycles. The quantitative estimate of drug-likeness (QED) is 0.181. The summed E-state index contributed by atoms with van der Waals surface area (Å²) in [5, 5.41) is 15.6. The smallest absolute Gasteiger partial charge is 0.149 e. The van der Waals surface area contributed by atoms with Crippen LogP contribution in [0.4, 0.5) is 0 Å². The van der Waals surface area contributed by atoms with Gasteiger partial charge >= 0.3 is 0 Å². The molecule has 1 N–H and O–H groups in total. The topological polar surface area (TPSA) is 55.9 Å². The van der Waals surface area contributed by atoms with Gasteiger partial charge in [-0.1, -0.05) is 113 Å². The summed E-state index contributed by atoms with van der Waals surface area (Å²) in [5.74, 6) is 1.88. The molecule has 0 radical (unpaired) electrons. The molecule has 8 aromatic rings. The predicted molar refractivity (Wildman–Crippen MR) is 194 cm³/mol. The minimum Gasteiger partial charge on any atom is -0.517 e. The van der Waals surface area contributed by atoms with Crippen molar-refractivity contribution in [2.45, 2.75) is 52.4 Å². The van der Waals surface area contributed by atoms with Crippen LogP contribution in [-0.2, 0) is 31.9 Å². The number of rotatable bonds is 3. The molecule has 4 aromatic carbocycles. The molecule has 242 valence electrons. The molecular weight excluding hydrogens is 772 g/mol. The first-order chi connectivity index (χ1) is 22.5. The van der Waals surface area contributed by atoms with Gasteiger partial charge in [-0.3, -0.25) is 4.57 Å². The monoisotopic (exact) mass is 808 g/mol. The molecule has 0 bridgehead atoms. The second-order valence-electron chi connectivity index (χ2n) is 14.5. The van der Waals surface area contributed by atoms with Crippen LogP contribution in [0.1, 0.15) is 52.7 Å². The van der Waals surface area contributed by atoms with Crippen LogP contribution in [-0.4, -0.2) is 24.2 Å². The fourth-order valence-corrected chi connectivity index (χ4v) is 6.87. The number of phenols is 1. The van der Waals surface area contributed by atoms with Crippen LogP contribution in [0.25, 0.3) is 66.5 Å². The first-order valence-corrected chi connectivity index (χ1v) is 16.2. The van der Waals surface area contributed by atoms with Crippen LogP contribution in [0, 0.1) is 6.07 Å². The third-order valence-electron chi connectivity index (χ3n) is 9.26. The summed E-state index contributed by atoms with van der Waals surface area (Å²) in [7, 11) is 0. The fourth-order valence-electron chi connectivity index (χ4n) is 6.87. The van der Waals surface area contributed by atoms with E-state index in [1.54, 1.807) is 6.07 Å². The molecule has 0 unspecified atom stereocenters. The molecule has 6 heteroatoms. The Balaban J connectivity index is 0.00000364. The molecule has 5 nitrogen and oxygen atoms in total. The number of aromatic nitrogens is 4. The van der Waals surface area contributed by atoms with Crippen LogP contribution in [0.5, 0.6) is 5.75 Å². The van der Waals surface area contributed by atoms with Crippen LogP contribution in [0.3, 0.4) is 0 Å². The number of phenolic OH excluding ortho intramolecular Hbond substituents is 1. The van der Waals surface area contributed by atoms with Gasteiger partial charge in [-0.25, -0.2) is 9.97 Å². The number of nitrogens with zero attached hydrogens (tertiary/aromatic N) is 4. The first kappa shape index (κ1) is 31.8. The van der Waals surface area contributed by atoms with Gasteiger partial charge in [-0.15, -0.1) is 23.8 Å². The standard InChI is InChI=1S/C42H37N4O.Pt/c1-41(2,3)27-19-21-36(47)31(24-27)26-18-20-29-28-13-7-9-15-33(28)45(35(29)23-26)38-25-32(42(4,5)6)39-30-14-8-10-16-34(30)46(40(39)44-38)37-17-11-12-22-43-37;/h7-22,24-25,47H,1-6H3;/q-1;. The summed E-state index contributed by atoms with van der Waals surface area (Å²) < 4.78 is 4.41. The summed E-state index contributed by atoms with van der Waals surface area (Å²) in [4.78, 5) is 10.3. The van der Waals surface area contributed by atoms with Crippen molar-refractivity contribution < 1.29 is 26.2 Å². The number of para-hydroxylation sites is 2. The van der Waals surface area contributed by atoms with E-state index in [2.05, 4.69) is 130 Å². The Bertz CT molecular complexity index is 2490. The van der Waals surface area contributed by atoms with Crippen LogP contribution in [0.15, 0.2) is 109 Å². The summed E-state index contributed by atoms with van der Waals surface area (Å²) in [6, 6.07) is 39.1. The summed E-state index contributed by atoms with van der Waals surface area (Å²) in [6.07, 6.45) is 1.83. The number of benzene rings is 4. The van der Waals surface area contributed by atoms with Crippen molar-refractivity contribution in [2.75, 3.05) is 0 Å². The Hall–Kier alpha value is -4.73. The van der Waals surface area contributed by atoms with E-state index in [0.29, 0.717) is 0 Å². The summed E-state index contributed by atoms with van der Waals surface area (Å²) in [6.45, 7) is 13.4. The SMILES string of the molecule is CC(C)(C)c1ccc(O)c(-c2[c-]c3c(cc2)c2ccccc2n3-c2cc(C(C)(C)C)c3c4ccccc4n(-c4ccccn4)c3n2)c1.[Pt]. The van der Waals surface area contributed by atoms with Crippen molar-refractivity contribution in [1.82, 2.24) is 19.1 Å². The number of hydrogen-bond donors (Lipinski definition) is 1. The Kier molecular flexibility index (Phi) is 7.60. The van der Waals surface area contributed by atoms with Gasteiger partial charge < -0.3 is 9.67 Å². The molecule has 0 spiro atoms. The maximum Gasteiger partial charge on any atom is 0.149 e. The minimum absolute atomic E-state index is 0. The zero-order valence-corrected chi connectivity index (χ0v) is 30.2. The second-order valence-corrected chi connectivity index (χ2v) is 14.5. The molecule has 48 heavy (non-hydrogen) atoms. The largest absolute Gasteiger partial charge is 0.517 e. The van der Waals surface area contributed by atoms with Crippen LogP contribution < -0.4 is 0 Å². The van der Waals surface area contributed by atoms with E-state index in [4.69, 9.17) is 9.97 Å². The summed E-state index contributed by atoms with van der Waals surface area (Å²) >= 11 is 0. The minimum atomic E-state index is -0.179. The molecule has 4 aromatic heterocycles. The number of aromatic hydroxyl groups is 1. The average Bonchev–Trinajstić information content (AvgIpc) is 3.56. The molecule has 0 amide bonds. The zero-order valence-electron chi connectivity index (χ0n) is 27.9. The molecule has 0 fully saturated rings. The fraction of sp³-hybridized carbons (Fsp3) is 0.190. The van der Waals surface area contributed by atoms with Gasteiger partial charge in [0, 0.05) is 43.6 Å². The molecule has 0 saturated heterocycles. The Labute approximate surface area is 295 Å². The van der Waals surface area contributed by atoms with E-state index in [-0.39, 0.29) is 37.6 Å². The van der Waals surface area contributed by atoms with Gasteiger partial charge in [0.1, 0.15) is 17.3 Å².